The van der Waals surface area contributed by atoms with Crippen LogP contribution in [0.2, 0.25) is 0 Å². The van der Waals surface area contributed by atoms with Crippen LogP contribution in [0.4, 0.5) is 4.79 Å². The summed E-state index contributed by atoms with van der Waals surface area (Å²) < 4.78 is 14.8. The van der Waals surface area contributed by atoms with E-state index in [9.17, 15) is 14.4 Å². The number of carbonyl (C=O) groups is 3. The van der Waals surface area contributed by atoms with E-state index in [-0.39, 0.29) is 24.5 Å². The molecule has 0 fully saturated rings. The molecule has 0 unspecified atom stereocenters. The molecule has 8 heteroatoms. The highest BCUT2D eigenvalue weighted by Gasteiger charge is 2.17. The van der Waals surface area contributed by atoms with Crippen LogP contribution in [-0.4, -0.2) is 25.1 Å². The van der Waals surface area contributed by atoms with Gasteiger partial charge in [0, 0.05) is 6.54 Å². The van der Waals surface area contributed by atoms with Crippen molar-refractivity contribution in [1.82, 2.24) is 5.32 Å². The van der Waals surface area contributed by atoms with Gasteiger partial charge in [-0.1, -0.05) is 12.1 Å². The van der Waals surface area contributed by atoms with Crippen molar-refractivity contribution in [3.8, 4) is 0 Å². The van der Waals surface area contributed by atoms with E-state index >= 15 is 0 Å². The van der Waals surface area contributed by atoms with Crippen LogP contribution in [-0.2, 0) is 22.6 Å². The van der Waals surface area contributed by atoms with Crippen LogP contribution in [0.3, 0.4) is 0 Å². The Morgan fingerprint density at radius 3 is 2.46 bits per heavy atom. The predicted molar refractivity (Wildman–Crippen MR) is 82.0 cm³/mol. The highest BCUT2D eigenvalue weighted by atomic mass is 16.5. The largest absolute Gasteiger partial charge is 0.465 e. The number of methoxy groups -OCH3 is 1. The fourth-order valence-corrected chi connectivity index (χ4v) is 1.91. The highest BCUT2D eigenvalue weighted by Crippen LogP contribution is 2.14. The van der Waals surface area contributed by atoms with Gasteiger partial charge < -0.3 is 24.9 Å². The Labute approximate surface area is 137 Å². The molecule has 0 aliphatic heterocycles. The standard InChI is InChI=1S/C16H16N2O6/c1-22-15(20)12-6-7-23-13(12)9-24-14(19)11-4-2-10(3-5-11)8-18-16(17)21/h2-7H,8-9H2,1H3,(H3,17,18,21). The summed E-state index contributed by atoms with van der Waals surface area (Å²) in [6, 6.07) is 7.26. The van der Waals surface area contributed by atoms with Crippen LogP contribution >= 0.6 is 0 Å². The summed E-state index contributed by atoms with van der Waals surface area (Å²) in [7, 11) is 1.25. The minimum atomic E-state index is -0.627. The molecule has 1 heterocycles. The van der Waals surface area contributed by atoms with Crippen LogP contribution in [0, 0.1) is 0 Å². The van der Waals surface area contributed by atoms with Crippen LogP contribution in [0.5, 0.6) is 0 Å². The topological polar surface area (TPSA) is 121 Å². The maximum atomic E-state index is 12.0. The second-order valence-corrected chi connectivity index (χ2v) is 4.74. The van der Waals surface area contributed by atoms with Crippen LogP contribution < -0.4 is 11.1 Å². The first-order chi connectivity index (χ1) is 11.5. The summed E-state index contributed by atoms with van der Waals surface area (Å²) in [5.74, 6) is -0.935. The van der Waals surface area contributed by atoms with Crippen LogP contribution in [0.25, 0.3) is 0 Å². The predicted octanol–water partition coefficient (Wildman–Crippen LogP) is 1.59. The van der Waals surface area contributed by atoms with Crippen molar-refractivity contribution in [2.45, 2.75) is 13.2 Å². The first kappa shape index (κ1) is 17.1. The molecule has 2 aromatic rings. The molecule has 0 bridgehead atoms. The molecule has 0 saturated carbocycles. The van der Waals surface area contributed by atoms with Crippen molar-refractivity contribution in [2.75, 3.05) is 7.11 Å². The lowest BCUT2D eigenvalue weighted by Gasteiger charge is -2.06. The summed E-state index contributed by atoms with van der Waals surface area (Å²) in [6.07, 6.45) is 1.32. The van der Waals surface area contributed by atoms with Gasteiger partial charge in [-0.25, -0.2) is 14.4 Å². The van der Waals surface area contributed by atoms with Gasteiger partial charge in [-0.2, -0.15) is 0 Å². The molecule has 0 radical (unpaired) electrons. The number of furan rings is 1. The van der Waals surface area contributed by atoms with Crippen molar-refractivity contribution < 1.29 is 28.3 Å². The molecule has 2 amide bonds. The Hall–Kier alpha value is -3.29. The monoisotopic (exact) mass is 332 g/mol. The van der Waals surface area contributed by atoms with Crippen molar-refractivity contribution in [1.29, 1.82) is 0 Å². The third-order valence-corrected chi connectivity index (χ3v) is 3.14. The molecular formula is C16H16N2O6. The third kappa shape index (κ3) is 4.35. The van der Waals surface area contributed by atoms with Gasteiger partial charge in [-0.3, -0.25) is 0 Å². The lowest BCUT2D eigenvalue weighted by molar-refractivity contribution is 0.0432. The molecule has 8 nitrogen and oxygen atoms in total. The van der Waals surface area contributed by atoms with Gasteiger partial charge in [-0.05, 0) is 23.8 Å². The van der Waals surface area contributed by atoms with E-state index in [4.69, 9.17) is 14.9 Å². The number of esters is 2. The lowest BCUT2D eigenvalue weighted by Crippen LogP contribution is -2.28. The average Bonchev–Trinajstić information content (AvgIpc) is 3.06. The Bertz CT molecular complexity index is 735. The van der Waals surface area contributed by atoms with Crippen molar-refractivity contribution in [3.63, 3.8) is 0 Å². The van der Waals surface area contributed by atoms with Crippen LogP contribution in [0.15, 0.2) is 41.0 Å². The zero-order chi connectivity index (χ0) is 17.5. The van der Waals surface area contributed by atoms with Gasteiger partial charge in [0.1, 0.15) is 5.56 Å². The van der Waals surface area contributed by atoms with E-state index in [2.05, 4.69) is 10.1 Å². The first-order valence-electron chi connectivity index (χ1n) is 6.95. The van der Waals surface area contributed by atoms with E-state index in [1.54, 1.807) is 24.3 Å². The highest BCUT2D eigenvalue weighted by molar-refractivity contribution is 5.91. The normalized spacial score (nSPS) is 10.0. The summed E-state index contributed by atoms with van der Waals surface area (Å²) in [4.78, 5) is 34.1. The third-order valence-electron chi connectivity index (χ3n) is 3.14. The maximum absolute atomic E-state index is 12.0. The van der Waals surface area contributed by atoms with Crippen molar-refractivity contribution >= 4 is 18.0 Å². The summed E-state index contributed by atoms with van der Waals surface area (Å²) in [5.41, 5.74) is 6.29. The second kappa shape index (κ2) is 7.82. The van der Waals surface area contributed by atoms with E-state index in [1.807, 2.05) is 0 Å². The summed E-state index contributed by atoms with van der Waals surface area (Å²) >= 11 is 0. The number of primary amides is 1. The van der Waals surface area contributed by atoms with Gasteiger partial charge in [0.25, 0.3) is 0 Å². The number of carbonyl (C=O) groups excluding carboxylic acids is 3. The zero-order valence-corrected chi connectivity index (χ0v) is 12.9. The number of rotatable bonds is 6. The number of amides is 2. The molecule has 24 heavy (non-hydrogen) atoms. The number of benzene rings is 1. The minimum absolute atomic E-state index is 0.193. The molecule has 0 spiro atoms. The van der Waals surface area contributed by atoms with Gasteiger partial charge >= 0.3 is 18.0 Å². The van der Waals surface area contributed by atoms with Gasteiger partial charge in [0.2, 0.25) is 0 Å². The number of hydrogen-bond acceptors (Lipinski definition) is 6. The Balaban J connectivity index is 1.94. The Morgan fingerprint density at radius 2 is 1.83 bits per heavy atom. The summed E-state index contributed by atoms with van der Waals surface area (Å²) in [5, 5.41) is 2.44. The number of nitrogens with two attached hydrogens (primary N) is 1. The number of hydrogen-bond donors (Lipinski definition) is 2. The van der Waals surface area contributed by atoms with Gasteiger partial charge in [0.15, 0.2) is 12.4 Å². The Kier molecular flexibility index (Phi) is 5.56. The maximum Gasteiger partial charge on any atom is 0.341 e. The lowest BCUT2D eigenvalue weighted by atomic mass is 10.1. The quantitative estimate of drug-likeness (QED) is 0.775. The van der Waals surface area contributed by atoms with Crippen molar-refractivity contribution in [2.24, 2.45) is 5.73 Å². The van der Waals surface area contributed by atoms with E-state index in [0.29, 0.717) is 5.56 Å². The fraction of sp³-hybridized carbons (Fsp3) is 0.188. The smallest absolute Gasteiger partial charge is 0.341 e. The van der Waals surface area contributed by atoms with Crippen LogP contribution in [0.1, 0.15) is 32.0 Å². The van der Waals surface area contributed by atoms with E-state index in [0.717, 1.165) is 5.56 Å². The molecule has 1 aromatic carbocycles. The molecule has 126 valence electrons. The van der Waals surface area contributed by atoms with Gasteiger partial charge in [0.05, 0.1) is 18.9 Å². The molecule has 3 N–H and O–H groups in total. The number of ether oxygens (including phenoxy) is 2. The molecule has 0 aliphatic rings. The molecule has 0 aliphatic carbocycles. The van der Waals surface area contributed by atoms with Crippen molar-refractivity contribution in [3.05, 3.63) is 59.0 Å². The molecule has 1 aromatic heterocycles. The average molecular weight is 332 g/mol. The van der Waals surface area contributed by atoms with E-state index < -0.39 is 18.0 Å². The minimum Gasteiger partial charge on any atom is -0.465 e. The number of urea groups is 1. The van der Waals surface area contributed by atoms with E-state index in [1.165, 1.54) is 19.4 Å². The Morgan fingerprint density at radius 1 is 1.12 bits per heavy atom. The molecule has 0 saturated heterocycles. The second-order valence-electron chi connectivity index (χ2n) is 4.74. The summed E-state index contributed by atoms with van der Waals surface area (Å²) in [6.45, 7) is 0.0702. The zero-order valence-electron chi connectivity index (χ0n) is 12.9. The SMILES string of the molecule is COC(=O)c1ccoc1COC(=O)c1ccc(CNC(N)=O)cc1. The molecule has 2 rings (SSSR count). The first-order valence-corrected chi connectivity index (χ1v) is 6.95. The number of nitrogens with one attached hydrogen (secondary N) is 1. The van der Waals surface area contributed by atoms with Gasteiger partial charge in [-0.15, -0.1) is 0 Å². The fourth-order valence-electron chi connectivity index (χ4n) is 1.91. The molecular weight excluding hydrogens is 316 g/mol. The molecule has 0 atom stereocenters.